The van der Waals surface area contributed by atoms with Crippen LogP contribution in [0.1, 0.15) is 12.8 Å². The molecule has 0 unspecified atom stereocenters. The third kappa shape index (κ3) is 2.97. The van der Waals surface area contributed by atoms with Gasteiger partial charge in [0.1, 0.15) is 0 Å². The minimum atomic E-state index is -3.33. The summed E-state index contributed by atoms with van der Waals surface area (Å²) in [6.07, 6.45) is 7.44. The molecule has 1 saturated carbocycles. The fraction of sp³-hybridized carbons (Fsp3) is 0.556. The molecule has 0 N–H and O–H groups in total. The summed E-state index contributed by atoms with van der Waals surface area (Å²) in [7, 11) is -3.33. The summed E-state index contributed by atoms with van der Waals surface area (Å²) in [5, 5.41) is 0. The molecule has 2 fully saturated rings. The van der Waals surface area contributed by atoms with E-state index < -0.39 is 10.0 Å². The van der Waals surface area contributed by atoms with Crippen LogP contribution in [0.4, 0.5) is 0 Å². The van der Waals surface area contributed by atoms with Gasteiger partial charge in [-0.25, -0.2) is 8.42 Å². The van der Waals surface area contributed by atoms with Gasteiger partial charge in [-0.15, -0.1) is 0 Å². The van der Waals surface area contributed by atoms with E-state index in [4.69, 9.17) is 0 Å². The molecule has 1 saturated heterocycles. The minimum Gasteiger partial charge on any atom is -0.300 e. The number of piperazine rings is 1. The molecule has 5 heteroatoms. The number of hydrogen-bond acceptors (Lipinski definition) is 3. The molecule has 124 valence electrons. The van der Waals surface area contributed by atoms with Gasteiger partial charge in [0.05, 0.1) is 4.90 Å². The molecule has 0 aromatic heterocycles. The second kappa shape index (κ2) is 6.04. The van der Waals surface area contributed by atoms with Crippen molar-refractivity contribution in [2.45, 2.75) is 17.7 Å². The van der Waals surface area contributed by atoms with Crippen molar-refractivity contribution in [3.8, 4) is 0 Å². The van der Waals surface area contributed by atoms with E-state index in [0.717, 1.165) is 37.4 Å². The van der Waals surface area contributed by atoms with Crippen molar-refractivity contribution in [3.05, 3.63) is 42.5 Å². The summed E-state index contributed by atoms with van der Waals surface area (Å²) in [6.45, 7) is 4.04. The molecule has 1 aromatic rings. The van der Waals surface area contributed by atoms with Crippen LogP contribution >= 0.6 is 0 Å². The highest BCUT2D eigenvalue weighted by Crippen LogP contribution is 2.43. The maximum Gasteiger partial charge on any atom is 0.243 e. The van der Waals surface area contributed by atoms with Crippen LogP contribution in [-0.2, 0) is 10.0 Å². The van der Waals surface area contributed by atoms with E-state index in [1.165, 1.54) is 12.8 Å². The molecule has 4 nitrogen and oxygen atoms in total. The fourth-order valence-corrected chi connectivity index (χ4v) is 5.77. The minimum absolute atomic E-state index is 0.409. The van der Waals surface area contributed by atoms with Gasteiger partial charge in [-0.3, -0.25) is 0 Å². The van der Waals surface area contributed by atoms with Crippen molar-refractivity contribution >= 4 is 10.0 Å². The number of nitrogens with zero attached hydrogens (tertiary/aromatic N) is 2. The Balaban J connectivity index is 1.35. The van der Waals surface area contributed by atoms with E-state index in [9.17, 15) is 8.42 Å². The van der Waals surface area contributed by atoms with Crippen molar-refractivity contribution in [2.24, 2.45) is 17.8 Å². The summed E-state index contributed by atoms with van der Waals surface area (Å²) >= 11 is 0. The molecule has 3 atom stereocenters. The first-order chi connectivity index (χ1) is 11.1. The van der Waals surface area contributed by atoms with E-state index in [1.807, 2.05) is 6.07 Å². The van der Waals surface area contributed by atoms with Gasteiger partial charge < -0.3 is 4.90 Å². The average molecular weight is 332 g/mol. The molecule has 1 heterocycles. The van der Waals surface area contributed by atoms with Crippen LogP contribution in [-0.4, -0.2) is 50.3 Å². The normalized spacial score (nSPS) is 31.7. The lowest BCUT2D eigenvalue weighted by Crippen LogP contribution is -2.49. The van der Waals surface area contributed by atoms with E-state index in [-0.39, 0.29) is 0 Å². The zero-order chi connectivity index (χ0) is 15.9. The zero-order valence-electron chi connectivity index (χ0n) is 13.3. The van der Waals surface area contributed by atoms with Crippen LogP contribution in [0.25, 0.3) is 0 Å². The highest BCUT2D eigenvalue weighted by atomic mass is 32.2. The Kier molecular flexibility index (Phi) is 4.03. The third-order valence-electron chi connectivity index (χ3n) is 5.62. The molecule has 23 heavy (non-hydrogen) atoms. The zero-order valence-corrected chi connectivity index (χ0v) is 14.2. The Morgan fingerprint density at radius 2 is 1.70 bits per heavy atom. The van der Waals surface area contributed by atoms with Gasteiger partial charge in [0, 0.05) is 32.7 Å². The number of fused-ring (bicyclic) bond motifs is 2. The molecule has 4 rings (SSSR count). The predicted molar refractivity (Wildman–Crippen MR) is 90.5 cm³/mol. The Morgan fingerprint density at radius 1 is 0.957 bits per heavy atom. The predicted octanol–water partition coefficient (Wildman–Crippen LogP) is 2.21. The lowest BCUT2D eigenvalue weighted by Gasteiger charge is -2.36. The summed E-state index contributed by atoms with van der Waals surface area (Å²) in [6, 6.07) is 8.78. The van der Waals surface area contributed by atoms with Crippen molar-refractivity contribution in [2.75, 3.05) is 32.7 Å². The molecule has 1 aromatic carbocycles. The number of sulfonamides is 1. The lowest BCUT2D eigenvalue weighted by molar-refractivity contribution is 0.156. The fourth-order valence-electron chi connectivity index (χ4n) is 4.33. The van der Waals surface area contributed by atoms with Crippen LogP contribution in [0, 0.1) is 17.8 Å². The smallest absolute Gasteiger partial charge is 0.243 e. The van der Waals surface area contributed by atoms with E-state index in [1.54, 1.807) is 28.6 Å². The molecule has 0 spiro atoms. The van der Waals surface area contributed by atoms with Gasteiger partial charge in [0.2, 0.25) is 10.0 Å². The van der Waals surface area contributed by atoms with Gasteiger partial charge in [-0.1, -0.05) is 30.4 Å². The molecule has 3 aliphatic rings. The summed E-state index contributed by atoms with van der Waals surface area (Å²) in [5.41, 5.74) is 0. The first-order valence-electron chi connectivity index (χ1n) is 8.59. The monoisotopic (exact) mass is 332 g/mol. The second-order valence-electron chi connectivity index (χ2n) is 7.06. The molecule has 2 bridgehead atoms. The van der Waals surface area contributed by atoms with Gasteiger partial charge in [0.25, 0.3) is 0 Å². The van der Waals surface area contributed by atoms with E-state index in [2.05, 4.69) is 17.1 Å². The number of hydrogen-bond donors (Lipinski definition) is 0. The summed E-state index contributed by atoms with van der Waals surface area (Å²) in [4.78, 5) is 2.86. The van der Waals surface area contributed by atoms with Crippen molar-refractivity contribution in [1.29, 1.82) is 0 Å². The Morgan fingerprint density at radius 3 is 2.30 bits per heavy atom. The highest BCUT2D eigenvalue weighted by Gasteiger charge is 2.37. The topological polar surface area (TPSA) is 40.6 Å². The van der Waals surface area contributed by atoms with E-state index >= 15 is 0 Å². The molecule has 1 aliphatic heterocycles. The third-order valence-corrected chi connectivity index (χ3v) is 7.53. The second-order valence-corrected chi connectivity index (χ2v) is 9.00. The summed E-state index contributed by atoms with van der Waals surface area (Å²) in [5.74, 6) is 2.36. The molecule has 0 amide bonds. The SMILES string of the molecule is O=S(=O)(c1ccccc1)N1CCN(C[C@H]2C[C@H]3C=C[C@@H]2C3)CC1. The van der Waals surface area contributed by atoms with Crippen LogP contribution in [0.5, 0.6) is 0 Å². The van der Waals surface area contributed by atoms with Crippen molar-refractivity contribution in [3.63, 3.8) is 0 Å². The van der Waals surface area contributed by atoms with Gasteiger partial charge in [-0.2, -0.15) is 4.31 Å². The quantitative estimate of drug-likeness (QED) is 0.794. The van der Waals surface area contributed by atoms with Gasteiger partial charge >= 0.3 is 0 Å². The van der Waals surface area contributed by atoms with Crippen molar-refractivity contribution in [1.82, 2.24) is 9.21 Å². The Hall–Kier alpha value is -1.17. The average Bonchev–Trinajstić information content (AvgIpc) is 3.19. The van der Waals surface area contributed by atoms with Gasteiger partial charge in [-0.05, 0) is 42.7 Å². The van der Waals surface area contributed by atoms with Crippen molar-refractivity contribution < 1.29 is 8.42 Å². The molecule has 0 radical (unpaired) electrons. The highest BCUT2D eigenvalue weighted by molar-refractivity contribution is 7.89. The first kappa shape index (κ1) is 15.4. The maximum atomic E-state index is 12.6. The molecule has 2 aliphatic carbocycles. The van der Waals surface area contributed by atoms with Crippen LogP contribution in [0.15, 0.2) is 47.4 Å². The van der Waals surface area contributed by atoms with E-state index in [0.29, 0.717) is 18.0 Å². The first-order valence-corrected chi connectivity index (χ1v) is 10.0. The van der Waals surface area contributed by atoms with Crippen LogP contribution < -0.4 is 0 Å². The molecular formula is C18H24N2O2S. The lowest BCUT2D eigenvalue weighted by atomic mass is 9.93. The van der Waals surface area contributed by atoms with Crippen LogP contribution in [0.3, 0.4) is 0 Å². The number of benzene rings is 1. The largest absolute Gasteiger partial charge is 0.300 e. The van der Waals surface area contributed by atoms with Gasteiger partial charge in [0.15, 0.2) is 0 Å². The number of rotatable bonds is 4. The molecular weight excluding hydrogens is 308 g/mol. The Bertz CT molecular complexity index is 678. The Labute approximate surface area is 138 Å². The van der Waals surface area contributed by atoms with Crippen LogP contribution in [0.2, 0.25) is 0 Å². The standard InChI is InChI=1S/C18H24N2O2S/c21-23(22,18-4-2-1-3-5-18)20-10-8-19(9-11-20)14-17-13-15-6-7-16(17)12-15/h1-7,15-17H,8-14H2/t15-,16+,17+/m0/s1. The number of allylic oxidation sites excluding steroid dienone is 2. The summed E-state index contributed by atoms with van der Waals surface area (Å²) < 4.78 is 26.9. The maximum absolute atomic E-state index is 12.6.